The molecule has 1 aromatic carbocycles. The third-order valence-corrected chi connectivity index (χ3v) is 3.51. The molecule has 2 nitrogen and oxygen atoms in total. The minimum absolute atomic E-state index is 0.0806. The van der Waals surface area contributed by atoms with E-state index in [0.29, 0.717) is 15.6 Å². The lowest BCUT2D eigenvalue weighted by Crippen LogP contribution is -2.15. The fourth-order valence-electron chi connectivity index (χ4n) is 2.08. The van der Waals surface area contributed by atoms with Crippen LogP contribution in [0.2, 0.25) is 0 Å². The fourth-order valence-corrected chi connectivity index (χ4v) is 2.49. The fraction of sp³-hybridized carbons (Fsp3) is 0.455. The Morgan fingerprint density at radius 2 is 2.33 bits per heavy atom. The quantitative estimate of drug-likeness (QED) is 0.825. The lowest BCUT2D eigenvalue weighted by atomic mass is 9.98. The molecule has 0 aromatic heterocycles. The van der Waals surface area contributed by atoms with Crippen LogP contribution in [-0.4, -0.2) is 11.7 Å². The summed E-state index contributed by atoms with van der Waals surface area (Å²) in [6, 6.07) is 1.39. The number of benzene rings is 1. The first-order valence-corrected chi connectivity index (χ1v) is 5.81. The Kier molecular flexibility index (Phi) is 2.98. The molecule has 0 amide bonds. The van der Waals surface area contributed by atoms with Gasteiger partial charge in [-0.1, -0.05) is 0 Å². The van der Waals surface area contributed by atoms with Gasteiger partial charge in [-0.25, -0.2) is 4.39 Å². The molecule has 1 fully saturated rings. The van der Waals surface area contributed by atoms with Gasteiger partial charge in [-0.05, 0) is 53.9 Å². The van der Waals surface area contributed by atoms with Gasteiger partial charge in [-0.15, -0.1) is 0 Å². The minimum atomic E-state index is -0.275. The van der Waals surface area contributed by atoms with E-state index < -0.39 is 0 Å². The van der Waals surface area contributed by atoms with Crippen molar-refractivity contribution in [2.75, 3.05) is 6.54 Å². The Labute approximate surface area is 96.6 Å². The summed E-state index contributed by atoms with van der Waals surface area (Å²) in [4.78, 5) is 0. The van der Waals surface area contributed by atoms with Gasteiger partial charge >= 0.3 is 0 Å². The van der Waals surface area contributed by atoms with Crippen LogP contribution in [0.4, 0.5) is 4.39 Å². The van der Waals surface area contributed by atoms with E-state index in [2.05, 4.69) is 21.2 Å². The van der Waals surface area contributed by atoms with E-state index in [9.17, 15) is 9.50 Å². The Balaban J connectivity index is 2.52. The van der Waals surface area contributed by atoms with Crippen molar-refractivity contribution in [1.29, 1.82) is 0 Å². The Bertz CT molecular complexity index is 362. The van der Waals surface area contributed by atoms with E-state index in [1.807, 2.05) is 0 Å². The highest BCUT2D eigenvalue weighted by Gasteiger charge is 2.24. The van der Waals surface area contributed by atoms with Gasteiger partial charge in [-0.2, -0.15) is 0 Å². The minimum Gasteiger partial charge on any atom is -0.506 e. The van der Waals surface area contributed by atoms with Crippen molar-refractivity contribution < 1.29 is 9.50 Å². The summed E-state index contributed by atoms with van der Waals surface area (Å²) in [5.41, 5.74) is 1.23. The van der Waals surface area contributed by atoms with Crippen LogP contribution < -0.4 is 5.32 Å². The highest BCUT2D eigenvalue weighted by Crippen LogP contribution is 2.38. The predicted octanol–water partition coefficient (Wildman–Crippen LogP) is 3.03. The molecule has 82 valence electrons. The molecule has 1 saturated heterocycles. The first-order valence-electron chi connectivity index (χ1n) is 5.02. The van der Waals surface area contributed by atoms with E-state index in [1.54, 1.807) is 6.92 Å². The number of phenols is 1. The van der Waals surface area contributed by atoms with Crippen LogP contribution in [0.15, 0.2) is 10.5 Å². The highest BCUT2D eigenvalue weighted by molar-refractivity contribution is 9.10. The summed E-state index contributed by atoms with van der Waals surface area (Å²) >= 11 is 3.16. The molecule has 0 bridgehead atoms. The van der Waals surface area contributed by atoms with E-state index in [1.165, 1.54) is 6.07 Å². The molecular weight excluding hydrogens is 261 g/mol. The molecule has 4 heteroatoms. The second kappa shape index (κ2) is 4.10. The summed E-state index contributed by atoms with van der Waals surface area (Å²) in [5, 5.41) is 13.2. The zero-order chi connectivity index (χ0) is 11.0. The van der Waals surface area contributed by atoms with Gasteiger partial charge in [-0.3, -0.25) is 0 Å². The Morgan fingerprint density at radius 3 is 2.93 bits per heavy atom. The van der Waals surface area contributed by atoms with Crippen LogP contribution >= 0.6 is 15.9 Å². The number of aromatic hydroxyl groups is 1. The van der Waals surface area contributed by atoms with Crippen molar-refractivity contribution in [2.24, 2.45) is 0 Å². The topological polar surface area (TPSA) is 32.3 Å². The summed E-state index contributed by atoms with van der Waals surface area (Å²) in [5.74, 6) is -0.114. The Hall–Kier alpha value is -0.610. The maximum absolute atomic E-state index is 13.5. The van der Waals surface area contributed by atoms with Crippen LogP contribution in [0.5, 0.6) is 5.75 Å². The van der Waals surface area contributed by atoms with Gasteiger partial charge in [0.25, 0.3) is 0 Å². The molecule has 1 heterocycles. The molecule has 2 rings (SSSR count). The number of hydrogen-bond donors (Lipinski definition) is 2. The van der Waals surface area contributed by atoms with E-state index in [-0.39, 0.29) is 17.6 Å². The zero-order valence-corrected chi connectivity index (χ0v) is 10.1. The normalized spacial score (nSPS) is 20.9. The molecule has 0 radical (unpaired) electrons. The summed E-state index contributed by atoms with van der Waals surface area (Å²) < 4.78 is 13.9. The number of halogens is 2. The molecule has 1 aliphatic heterocycles. The molecule has 1 unspecified atom stereocenters. The molecule has 15 heavy (non-hydrogen) atoms. The van der Waals surface area contributed by atoms with Crippen molar-refractivity contribution in [2.45, 2.75) is 25.8 Å². The van der Waals surface area contributed by atoms with Gasteiger partial charge in [0.2, 0.25) is 0 Å². The standard InChI is InChI=1S/C11H13BrFNO/c1-6-8(13)5-7(12)11(15)10(6)9-3-2-4-14-9/h5,9,14-15H,2-4H2,1H3. The van der Waals surface area contributed by atoms with Gasteiger partial charge in [0.15, 0.2) is 0 Å². The molecule has 0 saturated carbocycles. The number of nitrogens with one attached hydrogen (secondary N) is 1. The van der Waals surface area contributed by atoms with Crippen molar-refractivity contribution in [3.05, 3.63) is 27.5 Å². The maximum atomic E-state index is 13.5. The van der Waals surface area contributed by atoms with Crippen LogP contribution in [0, 0.1) is 12.7 Å². The van der Waals surface area contributed by atoms with Crippen molar-refractivity contribution in [3.8, 4) is 5.75 Å². The lowest BCUT2D eigenvalue weighted by molar-refractivity contribution is 0.448. The first-order chi connectivity index (χ1) is 7.11. The van der Waals surface area contributed by atoms with Crippen LogP contribution in [0.25, 0.3) is 0 Å². The molecule has 0 aliphatic carbocycles. The van der Waals surface area contributed by atoms with Gasteiger partial charge in [0.1, 0.15) is 11.6 Å². The first kappa shape index (κ1) is 10.9. The lowest BCUT2D eigenvalue weighted by Gasteiger charge is -2.17. The summed E-state index contributed by atoms with van der Waals surface area (Å²) in [6.45, 7) is 2.63. The number of hydrogen-bond acceptors (Lipinski definition) is 2. The average molecular weight is 274 g/mol. The van der Waals surface area contributed by atoms with Crippen LogP contribution in [-0.2, 0) is 0 Å². The molecule has 1 atom stereocenters. The van der Waals surface area contributed by atoms with Crippen molar-refractivity contribution >= 4 is 15.9 Å². The third-order valence-electron chi connectivity index (χ3n) is 2.91. The van der Waals surface area contributed by atoms with E-state index in [0.717, 1.165) is 19.4 Å². The monoisotopic (exact) mass is 273 g/mol. The molecule has 2 N–H and O–H groups in total. The van der Waals surface area contributed by atoms with Crippen molar-refractivity contribution in [1.82, 2.24) is 5.32 Å². The molecule has 1 aromatic rings. The number of phenolic OH excluding ortho intramolecular Hbond substituents is 1. The second-order valence-corrected chi connectivity index (χ2v) is 4.73. The van der Waals surface area contributed by atoms with Crippen LogP contribution in [0.3, 0.4) is 0 Å². The van der Waals surface area contributed by atoms with E-state index >= 15 is 0 Å². The zero-order valence-electron chi connectivity index (χ0n) is 8.48. The Morgan fingerprint density at radius 1 is 1.60 bits per heavy atom. The highest BCUT2D eigenvalue weighted by atomic mass is 79.9. The van der Waals surface area contributed by atoms with Crippen LogP contribution in [0.1, 0.15) is 30.0 Å². The maximum Gasteiger partial charge on any atom is 0.135 e. The molecule has 1 aliphatic rings. The van der Waals surface area contributed by atoms with Crippen molar-refractivity contribution in [3.63, 3.8) is 0 Å². The van der Waals surface area contributed by atoms with Gasteiger partial charge < -0.3 is 10.4 Å². The summed E-state index contributed by atoms with van der Waals surface area (Å²) in [7, 11) is 0. The molecular formula is C11H13BrFNO. The SMILES string of the molecule is Cc1c(F)cc(Br)c(O)c1C1CCCN1. The molecule has 0 spiro atoms. The van der Waals surface area contributed by atoms with Gasteiger partial charge in [0.05, 0.1) is 4.47 Å². The van der Waals surface area contributed by atoms with Gasteiger partial charge in [0, 0.05) is 11.6 Å². The number of rotatable bonds is 1. The smallest absolute Gasteiger partial charge is 0.135 e. The average Bonchev–Trinajstić information content (AvgIpc) is 2.69. The third kappa shape index (κ3) is 1.88. The largest absolute Gasteiger partial charge is 0.506 e. The second-order valence-electron chi connectivity index (χ2n) is 3.88. The summed E-state index contributed by atoms with van der Waals surface area (Å²) in [6.07, 6.45) is 2.02. The predicted molar refractivity (Wildman–Crippen MR) is 60.5 cm³/mol. The van der Waals surface area contributed by atoms with E-state index in [4.69, 9.17) is 0 Å².